The summed E-state index contributed by atoms with van der Waals surface area (Å²) in [4.78, 5) is 25.8. The highest BCUT2D eigenvalue weighted by Gasteiger charge is 2.34. The fourth-order valence-corrected chi connectivity index (χ4v) is 3.28. The maximum absolute atomic E-state index is 12.3. The van der Waals surface area contributed by atoms with Gasteiger partial charge in [0.05, 0.1) is 17.7 Å². The lowest BCUT2D eigenvalue weighted by Gasteiger charge is -2.14. The summed E-state index contributed by atoms with van der Waals surface area (Å²) < 4.78 is 0. The zero-order chi connectivity index (χ0) is 15.0. The van der Waals surface area contributed by atoms with Crippen LogP contribution in [-0.2, 0) is 11.9 Å². The molecule has 1 heterocycles. The van der Waals surface area contributed by atoms with Crippen molar-refractivity contribution in [1.29, 1.82) is 0 Å². The van der Waals surface area contributed by atoms with Crippen LogP contribution in [0.2, 0.25) is 5.02 Å². The van der Waals surface area contributed by atoms with Crippen molar-refractivity contribution in [2.45, 2.75) is 11.9 Å². The van der Waals surface area contributed by atoms with Crippen LogP contribution in [0.15, 0.2) is 42.5 Å². The molecule has 1 aliphatic rings. The summed E-state index contributed by atoms with van der Waals surface area (Å²) in [6.07, 6.45) is 0. The van der Waals surface area contributed by atoms with Gasteiger partial charge in [0, 0.05) is 10.4 Å². The molecule has 0 unspecified atom stereocenters. The number of imide groups is 1. The molecule has 21 heavy (non-hydrogen) atoms. The molecular formula is C16H11BrClNO2. The van der Waals surface area contributed by atoms with E-state index in [0.29, 0.717) is 21.5 Å². The Kier molecular flexibility index (Phi) is 3.83. The standard InChI is InChI=1S/C16H11BrClNO2/c17-8-11-6-5-10(7-14(11)18)9-19-15(20)12-3-1-2-4-13(12)16(19)21/h1-7H,8-9H2. The Morgan fingerprint density at radius 3 is 2.14 bits per heavy atom. The van der Waals surface area contributed by atoms with Gasteiger partial charge in [-0.25, -0.2) is 0 Å². The Morgan fingerprint density at radius 2 is 1.62 bits per heavy atom. The minimum absolute atomic E-state index is 0.231. The first-order chi connectivity index (χ1) is 10.1. The summed E-state index contributed by atoms with van der Waals surface area (Å²) in [5, 5.41) is 1.29. The van der Waals surface area contributed by atoms with Gasteiger partial charge in [0.25, 0.3) is 11.8 Å². The smallest absolute Gasteiger partial charge is 0.261 e. The van der Waals surface area contributed by atoms with Crippen LogP contribution in [-0.4, -0.2) is 16.7 Å². The Morgan fingerprint density at radius 1 is 1.00 bits per heavy atom. The van der Waals surface area contributed by atoms with Gasteiger partial charge in [-0.05, 0) is 29.3 Å². The van der Waals surface area contributed by atoms with Crippen LogP contribution in [0.4, 0.5) is 0 Å². The Hall–Kier alpha value is -1.65. The first kappa shape index (κ1) is 14.3. The molecule has 2 aromatic rings. The number of hydrogen-bond acceptors (Lipinski definition) is 2. The minimum Gasteiger partial charge on any atom is -0.270 e. The zero-order valence-corrected chi connectivity index (χ0v) is 13.3. The molecule has 0 fully saturated rings. The largest absolute Gasteiger partial charge is 0.270 e. The molecular weight excluding hydrogens is 354 g/mol. The number of fused-ring (bicyclic) bond motifs is 1. The van der Waals surface area contributed by atoms with Crippen LogP contribution in [0.25, 0.3) is 0 Å². The van der Waals surface area contributed by atoms with Gasteiger partial charge in [-0.2, -0.15) is 0 Å². The fourth-order valence-electron chi connectivity index (χ4n) is 2.36. The highest BCUT2D eigenvalue weighted by atomic mass is 79.9. The van der Waals surface area contributed by atoms with Crippen LogP contribution in [0.1, 0.15) is 31.8 Å². The average Bonchev–Trinajstić information content (AvgIpc) is 2.73. The van der Waals surface area contributed by atoms with E-state index in [9.17, 15) is 9.59 Å². The van der Waals surface area contributed by atoms with E-state index < -0.39 is 0 Å². The van der Waals surface area contributed by atoms with Crippen LogP contribution >= 0.6 is 27.5 Å². The summed E-state index contributed by atoms with van der Waals surface area (Å²) in [6, 6.07) is 12.4. The molecule has 0 aliphatic carbocycles. The molecule has 0 N–H and O–H groups in total. The molecule has 0 saturated heterocycles. The van der Waals surface area contributed by atoms with Crippen molar-refractivity contribution in [3.63, 3.8) is 0 Å². The molecule has 0 radical (unpaired) electrons. The highest BCUT2D eigenvalue weighted by molar-refractivity contribution is 9.08. The number of nitrogens with zero attached hydrogens (tertiary/aromatic N) is 1. The van der Waals surface area contributed by atoms with Gasteiger partial charge in [0.15, 0.2) is 0 Å². The lowest BCUT2D eigenvalue weighted by Crippen LogP contribution is -2.29. The number of hydrogen-bond donors (Lipinski definition) is 0. The summed E-state index contributed by atoms with van der Waals surface area (Å²) in [7, 11) is 0. The van der Waals surface area contributed by atoms with E-state index in [1.54, 1.807) is 30.3 Å². The van der Waals surface area contributed by atoms with Crippen LogP contribution in [0.5, 0.6) is 0 Å². The first-order valence-corrected chi connectivity index (χ1v) is 7.90. The van der Waals surface area contributed by atoms with Crippen molar-refractivity contribution >= 4 is 39.3 Å². The molecule has 3 rings (SSSR count). The third kappa shape index (κ3) is 2.49. The van der Waals surface area contributed by atoms with E-state index in [1.807, 2.05) is 12.1 Å². The second-order valence-electron chi connectivity index (χ2n) is 4.80. The second-order valence-corrected chi connectivity index (χ2v) is 5.77. The molecule has 2 amide bonds. The van der Waals surface area contributed by atoms with E-state index in [2.05, 4.69) is 15.9 Å². The van der Waals surface area contributed by atoms with Crippen LogP contribution < -0.4 is 0 Å². The topological polar surface area (TPSA) is 37.4 Å². The summed E-state index contributed by atoms with van der Waals surface area (Å²) in [5.41, 5.74) is 2.73. The summed E-state index contributed by atoms with van der Waals surface area (Å²) >= 11 is 9.52. The van der Waals surface area contributed by atoms with Crippen molar-refractivity contribution in [2.75, 3.05) is 0 Å². The van der Waals surface area contributed by atoms with Gasteiger partial charge < -0.3 is 0 Å². The summed E-state index contributed by atoms with van der Waals surface area (Å²) in [5.74, 6) is -0.507. The number of amides is 2. The number of carbonyl (C=O) groups is 2. The van der Waals surface area contributed by atoms with E-state index in [-0.39, 0.29) is 18.4 Å². The number of alkyl halides is 1. The third-order valence-corrected chi connectivity index (χ3v) is 4.44. The van der Waals surface area contributed by atoms with Gasteiger partial charge in [0.1, 0.15) is 0 Å². The third-order valence-electron chi connectivity index (χ3n) is 3.48. The van der Waals surface area contributed by atoms with Crippen LogP contribution in [0.3, 0.4) is 0 Å². The van der Waals surface area contributed by atoms with Crippen molar-refractivity contribution in [1.82, 2.24) is 4.90 Å². The van der Waals surface area contributed by atoms with Gasteiger partial charge in [-0.3, -0.25) is 14.5 Å². The van der Waals surface area contributed by atoms with Crippen molar-refractivity contribution < 1.29 is 9.59 Å². The maximum atomic E-state index is 12.3. The summed E-state index contributed by atoms with van der Waals surface area (Å²) in [6.45, 7) is 0.231. The Bertz CT molecular complexity index is 710. The molecule has 0 atom stereocenters. The maximum Gasteiger partial charge on any atom is 0.261 e. The molecule has 1 aliphatic heterocycles. The number of halogens is 2. The van der Waals surface area contributed by atoms with E-state index >= 15 is 0 Å². The fraction of sp³-hybridized carbons (Fsp3) is 0.125. The molecule has 0 aromatic heterocycles. The SMILES string of the molecule is O=C1c2ccccc2C(=O)N1Cc1ccc(CBr)c(Cl)c1. The van der Waals surface area contributed by atoms with Crippen molar-refractivity contribution in [3.05, 3.63) is 69.7 Å². The molecule has 3 nitrogen and oxygen atoms in total. The predicted molar refractivity (Wildman–Crippen MR) is 84.7 cm³/mol. The number of carbonyl (C=O) groups excluding carboxylic acids is 2. The zero-order valence-electron chi connectivity index (χ0n) is 11.0. The van der Waals surface area contributed by atoms with Crippen molar-refractivity contribution in [2.24, 2.45) is 0 Å². The molecule has 106 valence electrons. The molecule has 2 aromatic carbocycles. The second kappa shape index (κ2) is 5.62. The Balaban J connectivity index is 1.88. The highest BCUT2D eigenvalue weighted by Crippen LogP contribution is 2.26. The minimum atomic E-state index is -0.253. The van der Waals surface area contributed by atoms with Crippen LogP contribution in [0, 0.1) is 0 Å². The van der Waals surface area contributed by atoms with E-state index in [1.165, 1.54) is 4.90 Å². The molecule has 0 bridgehead atoms. The Labute approximate surface area is 135 Å². The monoisotopic (exact) mass is 363 g/mol. The molecule has 0 spiro atoms. The number of benzene rings is 2. The number of rotatable bonds is 3. The van der Waals surface area contributed by atoms with E-state index in [4.69, 9.17) is 11.6 Å². The van der Waals surface area contributed by atoms with Crippen molar-refractivity contribution in [3.8, 4) is 0 Å². The van der Waals surface area contributed by atoms with E-state index in [0.717, 1.165) is 11.1 Å². The van der Waals surface area contributed by atoms with Gasteiger partial charge in [-0.1, -0.05) is 51.8 Å². The first-order valence-electron chi connectivity index (χ1n) is 6.40. The lowest BCUT2D eigenvalue weighted by molar-refractivity contribution is 0.0642. The normalized spacial score (nSPS) is 13.7. The quantitative estimate of drug-likeness (QED) is 0.609. The molecule has 0 saturated carbocycles. The van der Waals surface area contributed by atoms with Gasteiger partial charge >= 0.3 is 0 Å². The predicted octanol–water partition coefficient (Wildman–Crippen LogP) is 4.03. The lowest BCUT2D eigenvalue weighted by atomic mass is 10.1. The van der Waals surface area contributed by atoms with Gasteiger partial charge in [-0.15, -0.1) is 0 Å². The molecule has 5 heteroatoms. The average molecular weight is 365 g/mol. The van der Waals surface area contributed by atoms with Gasteiger partial charge in [0.2, 0.25) is 0 Å².